The Labute approximate surface area is 129 Å². The third kappa shape index (κ3) is 7.83. The second-order valence-corrected chi connectivity index (χ2v) is 8.89. The highest BCUT2D eigenvalue weighted by atomic mass is 15.2. The maximum Gasteiger partial charge on any atom is 0.228 e. The van der Waals surface area contributed by atoms with Crippen molar-refractivity contribution in [2.45, 2.75) is 79.8 Å². The Morgan fingerprint density at radius 1 is 0.667 bits per heavy atom. The van der Waals surface area contributed by atoms with E-state index in [1.165, 1.54) is 0 Å². The summed E-state index contributed by atoms with van der Waals surface area (Å²) in [6, 6.07) is 0. The van der Waals surface area contributed by atoms with Crippen molar-refractivity contribution in [3.8, 4) is 0 Å². The van der Waals surface area contributed by atoms with Gasteiger partial charge in [-0.05, 0) is 47.0 Å². The lowest BCUT2D eigenvalue weighted by Crippen LogP contribution is -2.31. The lowest BCUT2D eigenvalue weighted by Gasteiger charge is -2.24. The van der Waals surface area contributed by atoms with Gasteiger partial charge in [0.15, 0.2) is 0 Å². The van der Waals surface area contributed by atoms with E-state index in [1.54, 1.807) is 0 Å². The van der Waals surface area contributed by atoms with Crippen LogP contribution < -0.4 is 10.6 Å². The van der Waals surface area contributed by atoms with Crippen molar-refractivity contribution in [3.63, 3.8) is 0 Å². The maximum atomic E-state index is 4.56. The highest BCUT2D eigenvalue weighted by Crippen LogP contribution is 2.21. The molecule has 0 radical (unpaired) electrons. The molecule has 1 rings (SSSR count). The summed E-state index contributed by atoms with van der Waals surface area (Å²) in [4.78, 5) is 13.6. The molecule has 1 aromatic rings. The number of rotatable bonds is 3. The molecule has 0 unspecified atom stereocenters. The van der Waals surface area contributed by atoms with E-state index >= 15 is 0 Å². The molecule has 5 heteroatoms. The standard InChI is InChI=1S/C16H31N5/c1-14(2,3)10-11-17-12(20-15(4,5)6)19-13(18-11)21-16(7,8)9/h10H2,1-9H3,(H2,17,18,19,20,21). The summed E-state index contributed by atoms with van der Waals surface area (Å²) in [5.41, 5.74) is -0.0297. The van der Waals surface area contributed by atoms with Crippen LogP contribution in [0.3, 0.4) is 0 Å². The van der Waals surface area contributed by atoms with Gasteiger partial charge >= 0.3 is 0 Å². The van der Waals surface area contributed by atoms with Gasteiger partial charge in [0.1, 0.15) is 5.82 Å². The highest BCUT2D eigenvalue weighted by molar-refractivity contribution is 5.37. The maximum absolute atomic E-state index is 4.56. The summed E-state index contributed by atoms with van der Waals surface area (Å²) in [6.45, 7) is 19.1. The zero-order chi connectivity index (χ0) is 16.5. The van der Waals surface area contributed by atoms with Crippen LogP contribution in [0.4, 0.5) is 11.9 Å². The molecule has 0 saturated heterocycles. The van der Waals surface area contributed by atoms with E-state index < -0.39 is 0 Å². The van der Waals surface area contributed by atoms with Crippen LogP contribution in [-0.4, -0.2) is 26.0 Å². The smallest absolute Gasteiger partial charge is 0.228 e. The van der Waals surface area contributed by atoms with Crippen molar-refractivity contribution >= 4 is 11.9 Å². The number of aromatic nitrogens is 3. The third-order valence-corrected chi connectivity index (χ3v) is 2.34. The van der Waals surface area contributed by atoms with Crippen LogP contribution >= 0.6 is 0 Å². The van der Waals surface area contributed by atoms with Crippen molar-refractivity contribution in [2.24, 2.45) is 5.41 Å². The molecule has 0 spiro atoms. The molecule has 0 aliphatic heterocycles. The van der Waals surface area contributed by atoms with Crippen LogP contribution in [-0.2, 0) is 6.42 Å². The summed E-state index contributed by atoms with van der Waals surface area (Å²) >= 11 is 0. The minimum atomic E-state index is -0.0840. The van der Waals surface area contributed by atoms with E-state index in [-0.39, 0.29) is 16.5 Å². The van der Waals surface area contributed by atoms with E-state index in [1.807, 2.05) is 0 Å². The van der Waals surface area contributed by atoms with Crippen LogP contribution in [0.5, 0.6) is 0 Å². The SMILES string of the molecule is CC(C)(C)Cc1nc(NC(C)(C)C)nc(NC(C)(C)C)n1. The van der Waals surface area contributed by atoms with Gasteiger partial charge in [-0.25, -0.2) is 0 Å². The first-order valence-electron chi connectivity index (χ1n) is 7.55. The van der Waals surface area contributed by atoms with Crippen molar-refractivity contribution in [1.82, 2.24) is 15.0 Å². The zero-order valence-electron chi connectivity index (χ0n) is 15.0. The van der Waals surface area contributed by atoms with E-state index in [4.69, 9.17) is 0 Å². The average molecular weight is 293 g/mol. The number of nitrogens with one attached hydrogen (secondary N) is 2. The second kappa shape index (κ2) is 5.78. The lowest BCUT2D eigenvalue weighted by atomic mass is 9.92. The van der Waals surface area contributed by atoms with Gasteiger partial charge in [-0.1, -0.05) is 20.8 Å². The van der Waals surface area contributed by atoms with Gasteiger partial charge in [-0.3, -0.25) is 0 Å². The summed E-state index contributed by atoms with van der Waals surface area (Å²) in [5, 5.41) is 6.66. The van der Waals surface area contributed by atoms with Gasteiger partial charge in [0.05, 0.1) is 0 Å². The fraction of sp³-hybridized carbons (Fsp3) is 0.812. The monoisotopic (exact) mass is 293 g/mol. The van der Waals surface area contributed by atoms with Crippen LogP contribution in [0.2, 0.25) is 0 Å². The molecule has 0 aromatic carbocycles. The van der Waals surface area contributed by atoms with E-state index in [9.17, 15) is 0 Å². The fourth-order valence-corrected chi connectivity index (χ4v) is 1.76. The molecule has 0 aliphatic rings. The Morgan fingerprint density at radius 2 is 1.05 bits per heavy atom. The Hall–Kier alpha value is -1.39. The van der Waals surface area contributed by atoms with Crippen molar-refractivity contribution in [2.75, 3.05) is 10.6 Å². The number of hydrogen-bond donors (Lipinski definition) is 2. The normalized spacial score (nSPS) is 13.2. The van der Waals surface area contributed by atoms with Crippen molar-refractivity contribution in [3.05, 3.63) is 5.82 Å². The highest BCUT2D eigenvalue weighted by Gasteiger charge is 2.19. The number of anilines is 2. The average Bonchev–Trinajstić information content (AvgIpc) is 2.06. The van der Waals surface area contributed by atoms with Crippen molar-refractivity contribution < 1.29 is 0 Å². The fourth-order valence-electron chi connectivity index (χ4n) is 1.76. The summed E-state index contributed by atoms with van der Waals surface area (Å²) < 4.78 is 0. The van der Waals surface area contributed by atoms with E-state index in [0.29, 0.717) is 11.9 Å². The molecule has 0 aliphatic carbocycles. The molecular formula is C16H31N5. The van der Waals surface area contributed by atoms with Crippen LogP contribution in [0.15, 0.2) is 0 Å². The molecule has 21 heavy (non-hydrogen) atoms. The Kier molecular flexibility index (Phi) is 4.86. The molecule has 5 nitrogen and oxygen atoms in total. The first kappa shape index (κ1) is 17.7. The van der Waals surface area contributed by atoms with Gasteiger partial charge in [-0.15, -0.1) is 0 Å². The first-order chi connectivity index (χ1) is 9.23. The topological polar surface area (TPSA) is 62.7 Å². The van der Waals surface area contributed by atoms with Crippen LogP contribution in [0.25, 0.3) is 0 Å². The van der Waals surface area contributed by atoms with E-state index in [2.05, 4.69) is 87.9 Å². The van der Waals surface area contributed by atoms with Crippen molar-refractivity contribution in [1.29, 1.82) is 0 Å². The summed E-state index contributed by atoms with van der Waals surface area (Å²) in [7, 11) is 0. The minimum Gasteiger partial charge on any atom is -0.349 e. The molecule has 1 aromatic heterocycles. The molecule has 0 atom stereocenters. The number of hydrogen-bond acceptors (Lipinski definition) is 5. The Morgan fingerprint density at radius 3 is 1.33 bits per heavy atom. The molecule has 0 saturated carbocycles. The Bertz CT molecular complexity index is 391. The quantitative estimate of drug-likeness (QED) is 0.885. The van der Waals surface area contributed by atoms with Gasteiger partial charge in [-0.2, -0.15) is 15.0 Å². The molecule has 1 heterocycles. The van der Waals surface area contributed by atoms with Crippen LogP contribution in [0.1, 0.15) is 68.1 Å². The molecule has 120 valence electrons. The van der Waals surface area contributed by atoms with E-state index in [0.717, 1.165) is 12.2 Å². The summed E-state index contributed by atoms with van der Waals surface area (Å²) in [5.74, 6) is 2.07. The first-order valence-corrected chi connectivity index (χ1v) is 7.55. The van der Waals surface area contributed by atoms with Gasteiger partial charge in [0, 0.05) is 17.5 Å². The molecule has 0 fully saturated rings. The minimum absolute atomic E-state index is 0.0840. The van der Waals surface area contributed by atoms with Gasteiger partial charge in [0.25, 0.3) is 0 Å². The lowest BCUT2D eigenvalue weighted by molar-refractivity contribution is 0.400. The van der Waals surface area contributed by atoms with Crippen LogP contribution in [0, 0.1) is 5.41 Å². The molecule has 0 amide bonds. The van der Waals surface area contributed by atoms with Gasteiger partial charge < -0.3 is 10.6 Å². The zero-order valence-corrected chi connectivity index (χ0v) is 15.0. The second-order valence-electron chi connectivity index (χ2n) is 8.89. The predicted molar refractivity (Wildman–Crippen MR) is 89.7 cm³/mol. The molecular weight excluding hydrogens is 262 g/mol. The number of nitrogens with zero attached hydrogens (tertiary/aromatic N) is 3. The molecule has 2 N–H and O–H groups in total. The summed E-state index contributed by atoms with van der Waals surface area (Å²) in [6.07, 6.45) is 0.813. The largest absolute Gasteiger partial charge is 0.349 e. The Balaban J connectivity index is 3.13. The predicted octanol–water partition coefficient (Wildman–Crippen LogP) is 3.88. The molecule has 0 bridgehead atoms. The third-order valence-electron chi connectivity index (χ3n) is 2.34. The van der Waals surface area contributed by atoms with Gasteiger partial charge in [0.2, 0.25) is 11.9 Å².